The largest absolute Gasteiger partial charge is 0.507 e. The molecule has 1 saturated heterocycles. The molecule has 1 heterocycles. The first-order valence-electron chi connectivity index (χ1n) is 17.5. The Bertz CT molecular complexity index is 2020. The van der Waals surface area contributed by atoms with E-state index in [1.807, 2.05) is 60.7 Å². The average molecular weight is 760 g/mol. The van der Waals surface area contributed by atoms with E-state index in [1.54, 1.807) is 6.92 Å². The van der Waals surface area contributed by atoms with Crippen LogP contribution in [0.4, 0.5) is 0 Å². The SMILES string of the molecule is COc1cccc2c1C(=O)c1c(O)c3c(c(O)c1C2=O)C[C@@](O)(C(=O)CO)C[C@@H]3O[C@H]1C[C@H](N(Cc2ccccc2)Cc2ccccc2)[C@H](O)[C@H](C)O1.Cl. The van der Waals surface area contributed by atoms with Crippen molar-refractivity contribution >= 4 is 29.8 Å². The van der Waals surface area contributed by atoms with Crippen molar-refractivity contribution in [1.29, 1.82) is 0 Å². The van der Waals surface area contributed by atoms with Crippen molar-refractivity contribution in [3.8, 4) is 17.2 Å². The number of carbonyl (C=O) groups is 3. The Labute approximate surface area is 317 Å². The van der Waals surface area contributed by atoms with Gasteiger partial charge in [-0.1, -0.05) is 72.8 Å². The van der Waals surface area contributed by atoms with Gasteiger partial charge in [0.2, 0.25) is 5.78 Å². The molecule has 6 atom stereocenters. The van der Waals surface area contributed by atoms with Gasteiger partial charge in [0.1, 0.15) is 29.5 Å². The number of halogens is 1. The number of Topliss-reactive ketones (excluding diaryl/α,β-unsaturated/α-hetero) is 1. The Balaban J connectivity index is 0.00000497. The summed E-state index contributed by atoms with van der Waals surface area (Å²) in [5.41, 5.74) is -1.59. The number of hydrogen-bond acceptors (Lipinski definition) is 12. The molecule has 2 aliphatic carbocycles. The summed E-state index contributed by atoms with van der Waals surface area (Å²) in [6.07, 6.45) is -5.09. The molecule has 0 amide bonds. The molecular formula is C41H42ClNO11. The zero-order chi connectivity index (χ0) is 37.6. The first-order chi connectivity index (χ1) is 25.4. The highest BCUT2D eigenvalue weighted by Crippen LogP contribution is 2.52. The molecule has 284 valence electrons. The van der Waals surface area contributed by atoms with Crippen LogP contribution < -0.4 is 4.74 Å². The summed E-state index contributed by atoms with van der Waals surface area (Å²) in [6, 6.07) is 23.5. The fourth-order valence-electron chi connectivity index (χ4n) is 7.98. The highest BCUT2D eigenvalue weighted by molar-refractivity contribution is 6.31. The highest BCUT2D eigenvalue weighted by atomic mass is 35.5. The lowest BCUT2D eigenvalue weighted by Gasteiger charge is -2.45. The number of aliphatic hydroxyl groups is 3. The molecule has 4 aromatic carbocycles. The van der Waals surface area contributed by atoms with Crippen LogP contribution in [0.3, 0.4) is 0 Å². The summed E-state index contributed by atoms with van der Waals surface area (Å²) in [5, 5.41) is 56.6. The van der Waals surface area contributed by atoms with Crippen LogP contribution in [-0.2, 0) is 33.8 Å². The van der Waals surface area contributed by atoms with Gasteiger partial charge in [0.15, 0.2) is 17.9 Å². The van der Waals surface area contributed by atoms with E-state index in [-0.39, 0.29) is 46.8 Å². The minimum Gasteiger partial charge on any atom is -0.507 e. The Morgan fingerprint density at radius 2 is 1.50 bits per heavy atom. The molecule has 1 fully saturated rings. The van der Waals surface area contributed by atoms with Gasteiger partial charge in [0.25, 0.3) is 0 Å². The van der Waals surface area contributed by atoms with E-state index in [1.165, 1.54) is 25.3 Å². The molecule has 7 rings (SSSR count). The molecule has 0 aromatic heterocycles. The summed E-state index contributed by atoms with van der Waals surface area (Å²) in [7, 11) is 1.34. The summed E-state index contributed by atoms with van der Waals surface area (Å²) in [5.74, 6) is -3.74. The van der Waals surface area contributed by atoms with Gasteiger partial charge < -0.3 is 39.7 Å². The van der Waals surface area contributed by atoms with Crippen LogP contribution in [-0.4, -0.2) is 91.6 Å². The average Bonchev–Trinajstić information content (AvgIpc) is 3.16. The molecule has 0 unspecified atom stereocenters. The third-order valence-electron chi connectivity index (χ3n) is 10.7. The lowest BCUT2D eigenvalue weighted by atomic mass is 9.72. The fourth-order valence-corrected chi connectivity index (χ4v) is 7.98. The number of aromatic hydroxyl groups is 2. The predicted molar refractivity (Wildman–Crippen MR) is 197 cm³/mol. The lowest BCUT2D eigenvalue weighted by Crippen LogP contribution is -2.55. The Kier molecular flexibility index (Phi) is 11.3. The molecule has 5 N–H and O–H groups in total. The summed E-state index contributed by atoms with van der Waals surface area (Å²) in [6.45, 7) is 1.64. The molecule has 54 heavy (non-hydrogen) atoms. The van der Waals surface area contributed by atoms with E-state index in [9.17, 15) is 39.9 Å². The van der Waals surface area contributed by atoms with Crippen LogP contribution in [0.25, 0.3) is 0 Å². The van der Waals surface area contributed by atoms with Crippen molar-refractivity contribution in [2.75, 3.05) is 13.7 Å². The van der Waals surface area contributed by atoms with E-state index in [0.29, 0.717) is 13.1 Å². The van der Waals surface area contributed by atoms with Gasteiger partial charge in [-0.05, 0) is 24.1 Å². The molecule has 0 radical (unpaired) electrons. The third kappa shape index (κ3) is 6.90. The zero-order valence-corrected chi connectivity index (χ0v) is 30.5. The molecule has 13 heteroatoms. The topological polar surface area (TPSA) is 183 Å². The normalized spacial score (nSPS) is 24.6. The smallest absolute Gasteiger partial charge is 0.202 e. The van der Waals surface area contributed by atoms with Crippen LogP contribution in [0.5, 0.6) is 17.2 Å². The van der Waals surface area contributed by atoms with E-state index in [4.69, 9.17) is 14.2 Å². The summed E-state index contributed by atoms with van der Waals surface area (Å²) < 4.78 is 18.0. The number of ketones is 3. The quantitative estimate of drug-likeness (QED) is 0.128. The number of nitrogens with zero attached hydrogens (tertiary/aromatic N) is 1. The number of hydrogen-bond donors (Lipinski definition) is 5. The first-order valence-corrected chi connectivity index (χ1v) is 17.5. The van der Waals surface area contributed by atoms with Crippen molar-refractivity contribution in [2.24, 2.45) is 0 Å². The van der Waals surface area contributed by atoms with Gasteiger partial charge in [0, 0.05) is 55.1 Å². The van der Waals surface area contributed by atoms with Crippen molar-refractivity contribution in [2.45, 2.75) is 75.5 Å². The number of benzene rings is 4. The first kappa shape index (κ1) is 39.0. The zero-order valence-electron chi connectivity index (χ0n) is 29.7. The number of rotatable bonds is 10. The number of ether oxygens (including phenoxy) is 3. The Hall–Kier alpha value is -4.66. The maximum absolute atomic E-state index is 14.0. The van der Waals surface area contributed by atoms with Gasteiger partial charge in [-0.2, -0.15) is 0 Å². The minimum absolute atomic E-state index is 0. The van der Waals surface area contributed by atoms with Gasteiger partial charge >= 0.3 is 0 Å². The van der Waals surface area contributed by atoms with Crippen molar-refractivity contribution in [3.63, 3.8) is 0 Å². The van der Waals surface area contributed by atoms with Gasteiger partial charge in [-0.25, -0.2) is 0 Å². The maximum Gasteiger partial charge on any atom is 0.202 e. The van der Waals surface area contributed by atoms with E-state index >= 15 is 0 Å². The van der Waals surface area contributed by atoms with E-state index in [2.05, 4.69) is 4.90 Å². The molecule has 0 bridgehead atoms. The van der Waals surface area contributed by atoms with Crippen LogP contribution in [0.2, 0.25) is 0 Å². The predicted octanol–water partition coefficient (Wildman–Crippen LogP) is 4.17. The highest BCUT2D eigenvalue weighted by Gasteiger charge is 2.50. The van der Waals surface area contributed by atoms with Crippen LogP contribution in [0.1, 0.15) is 80.0 Å². The second-order valence-corrected chi connectivity index (χ2v) is 13.9. The van der Waals surface area contributed by atoms with Crippen molar-refractivity contribution in [3.05, 3.63) is 123 Å². The Morgan fingerprint density at radius 1 is 0.889 bits per heavy atom. The number of phenolic OH excluding ortho intramolecular Hbond substituents is 2. The van der Waals surface area contributed by atoms with Crippen molar-refractivity contribution < 1.29 is 54.1 Å². The molecule has 4 aromatic rings. The number of carbonyl (C=O) groups excluding carboxylic acids is 3. The number of aliphatic hydroxyl groups excluding tert-OH is 2. The number of methoxy groups -OCH3 is 1. The summed E-state index contributed by atoms with van der Waals surface area (Å²) in [4.78, 5) is 43.0. The number of phenols is 2. The Morgan fingerprint density at radius 3 is 2.09 bits per heavy atom. The van der Waals surface area contributed by atoms with E-state index < -0.39 is 95.7 Å². The minimum atomic E-state index is -2.28. The summed E-state index contributed by atoms with van der Waals surface area (Å²) >= 11 is 0. The fraction of sp³-hybridized carbons (Fsp3) is 0.341. The van der Waals surface area contributed by atoms with Crippen LogP contribution in [0, 0.1) is 0 Å². The monoisotopic (exact) mass is 759 g/mol. The maximum atomic E-state index is 14.0. The molecule has 0 saturated carbocycles. The van der Waals surface area contributed by atoms with E-state index in [0.717, 1.165) is 11.1 Å². The standard InChI is InChI=1S/C41H41NO11.ClH/c1-22-36(45)27(42(19-23-10-5-3-6-11-23)20-24-12-7-4-8-13-24)16-31(52-22)53-29-18-41(50,30(44)21-43)17-26-33(29)40(49)35-34(38(26)47)37(46)25-14-9-15-28(51-2)32(25)39(35)48;/h3-15,22,27,29,31,36,43,45,47,49-50H,16-21H2,1-2H3;1H/t22-,27-,29-,31-,36+,41-;/m0./s1. The van der Waals surface area contributed by atoms with Gasteiger partial charge in [-0.15, -0.1) is 12.4 Å². The molecular weight excluding hydrogens is 718 g/mol. The van der Waals surface area contributed by atoms with Crippen LogP contribution in [0.15, 0.2) is 78.9 Å². The second-order valence-electron chi connectivity index (χ2n) is 13.9. The lowest BCUT2D eigenvalue weighted by molar-refractivity contribution is -0.259. The third-order valence-corrected chi connectivity index (χ3v) is 10.7. The van der Waals surface area contributed by atoms with Crippen LogP contribution >= 0.6 is 12.4 Å². The van der Waals surface area contributed by atoms with Gasteiger partial charge in [0.05, 0.1) is 42.1 Å². The van der Waals surface area contributed by atoms with Crippen molar-refractivity contribution in [1.82, 2.24) is 4.90 Å². The molecule has 1 aliphatic heterocycles. The van der Waals surface area contributed by atoms with Gasteiger partial charge in [-0.3, -0.25) is 19.3 Å². The molecule has 0 spiro atoms. The second kappa shape index (κ2) is 15.6. The molecule has 12 nitrogen and oxygen atoms in total. The molecule has 3 aliphatic rings. The number of fused-ring (bicyclic) bond motifs is 3.